The zero-order valence-corrected chi connectivity index (χ0v) is 18.0. The number of aromatic nitrogens is 2. The molecule has 3 aromatic carbocycles. The van der Waals surface area contributed by atoms with Crippen molar-refractivity contribution in [1.82, 2.24) is 15.1 Å². The van der Waals surface area contributed by atoms with Crippen molar-refractivity contribution in [3.63, 3.8) is 0 Å². The highest BCUT2D eigenvalue weighted by molar-refractivity contribution is 6.31. The van der Waals surface area contributed by atoms with Crippen LogP contribution in [-0.2, 0) is 6.54 Å². The third-order valence-electron chi connectivity index (χ3n) is 5.68. The number of hydrogen-bond acceptors (Lipinski definition) is 4. The number of H-pyrrole nitrogens is 1. The molecule has 32 heavy (non-hydrogen) atoms. The van der Waals surface area contributed by atoms with Crippen LogP contribution >= 0.6 is 11.6 Å². The normalized spacial score (nSPS) is 15.1. The van der Waals surface area contributed by atoms with E-state index in [9.17, 15) is 9.90 Å². The molecular weight excluding hydrogens is 426 g/mol. The molecule has 0 radical (unpaired) electrons. The Labute approximate surface area is 190 Å². The van der Waals surface area contributed by atoms with Gasteiger partial charge in [-0.05, 0) is 41.5 Å². The summed E-state index contributed by atoms with van der Waals surface area (Å²) >= 11 is 6.20. The van der Waals surface area contributed by atoms with E-state index in [0.717, 1.165) is 11.1 Å². The van der Waals surface area contributed by atoms with Gasteiger partial charge >= 0.3 is 0 Å². The minimum absolute atomic E-state index is 0.0436. The summed E-state index contributed by atoms with van der Waals surface area (Å²) < 4.78 is 5.43. The van der Waals surface area contributed by atoms with Gasteiger partial charge in [0.1, 0.15) is 22.9 Å². The number of halogens is 1. The van der Waals surface area contributed by atoms with Crippen molar-refractivity contribution < 1.29 is 14.6 Å². The first kappa shape index (κ1) is 20.2. The quantitative estimate of drug-likeness (QED) is 0.443. The Morgan fingerprint density at radius 2 is 1.91 bits per heavy atom. The molecule has 2 N–H and O–H groups in total. The molecule has 0 aliphatic carbocycles. The highest BCUT2D eigenvalue weighted by atomic mass is 35.5. The van der Waals surface area contributed by atoms with Crippen LogP contribution in [-0.4, -0.2) is 33.2 Å². The highest BCUT2D eigenvalue weighted by Gasteiger charge is 2.42. The average Bonchev–Trinajstić information content (AvgIpc) is 3.35. The zero-order valence-electron chi connectivity index (χ0n) is 17.2. The molecule has 0 bridgehead atoms. The van der Waals surface area contributed by atoms with Crippen molar-refractivity contribution in [2.75, 3.05) is 7.11 Å². The minimum Gasteiger partial charge on any atom is -0.507 e. The molecule has 1 amide bonds. The van der Waals surface area contributed by atoms with Gasteiger partial charge in [0, 0.05) is 22.7 Å². The number of aromatic amines is 1. The first-order chi connectivity index (χ1) is 15.6. The number of fused-ring (bicyclic) bond motifs is 1. The lowest BCUT2D eigenvalue weighted by Gasteiger charge is -2.27. The molecule has 2 heterocycles. The SMILES string of the molecule is COc1cccc(C2c3c(-c4cc(Cl)ccc4O)n[nH]c3C(=O)N2Cc2ccccc2)c1. The van der Waals surface area contributed by atoms with Gasteiger partial charge in [0.15, 0.2) is 0 Å². The molecule has 4 aromatic rings. The summed E-state index contributed by atoms with van der Waals surface area (Å²) in [5, 5.41) is 18.3. The molecular formula is C25H20ClN3O3. The minimum atomic E-state index is -0.417. The third-order valence-corrected chi connectivity index (χ3v) is 5.92. The molecule has 5 rings (SSSR count). The Kier molecular flexibility index (Phi) is 5.07. The Balaban J connectivity index is 1.69. The van der Waals surface area contributed by atoms with Crippen LogP contribution in [0.15, 0.2) is 72.8 Å². The molecule has 0 fully saturated rings. The van der Waals surface area contributed by atoms with Crippen LogP contribution in [0.1, 0.15) is 33.2 Å². The van der Waals surface area contributed by atoms with Gasteiger partial charge in [-0.15, -0.1) is 0 Å². The van der Waals surface area contributed by atoms with Crippen LogP contribution < -0.4 is 4.74 Å². The number of aromatic hydroxyl groups is 1. The second kappa shape index (κ2) is 8.05. The lowest BCUT2D eigenvalue weighted by atomic mass is 9.95. The molecule has 0 saturated heterocycles. The molecule has 1 atom stereocenters. The summed E-state index contributed by atoms with van der Waals surface area (Å²) in [6, 6.07) is 21.8. The van der Waals surface area contributed by atoms with Crippen LogP contribution in [0.4, 0.5) is 0 Å². The number of amides is 1. The van der Waals surface area contributed by atoms with Crippen LogP contribution in [0.2, 0.25) is 5.02 Å². The number of methoxy groups -OCH3 is 1. The van der Waals surface area contributed by atoms with E-state index >= 15 is 0 Å². The number of rotatable bonds is 5. The fourth-order valence-corrected chi connectivity index (χ4v) is 4.37. The molecule has 7 heteroatoms. The van der Waals surface area contributed by atoms with Crippen molar-refractivity contribution >= 4 is 17.5 Å². The predicted molar refractivity (Wildman–Crippen MR) is 122 cm³/mol. The maximum Gasteiger partial charge on any atom is 0.273 e. The molecule has 0 spiro atoms. The largest absolute Gasteiger partial charge is 0.507 e. The van der Waals surface area contributed by atoms with Gasteiger partial charge in [-0.1, -0.05) is 54.1 Å². The number of phenols is 1. The van der Waals surface area contributed by atoms with Crippen molar-refractivity contribution in [3.8, 4) is 22.8 Å². The fourth-order valence-electron chi connectivity index (χ4n) is 4.20. The number of hydrogen-bond donors (Lipinski definition) is 2. The third kappa shape index (κ3) is 3.39. The van der Waals surface area contributed by atoms with E-state index in [4.69, 9.17) is 16.3 Å². The summed E-state index contributed by atoms with van der Waals surface area (Å²) in [5.74, 6) is 0.581. The van der Waals surface area contributed by atoms with Gasteiger partial charge in [0.05, 0.1) is 13.2 Å². The van der Waals surface area contributed by atoms with Crippen molar-refractivity contribution in [3.05, 3.63) is 100 Å². The Morgan fingerprint density at radius 1 is 1.09 bits per heavy atom. The van der Waals surface area contributed by atoms with E-state index in [0.29, 0.717) is 39.8 Å². The second-order valence-electron chi connectivity index (χ2n) is 7.62. The molecule has 1 aromatic heterocycles. The predicted octanol–water partition coefficient (Wildman–Crippen LogP) is 5.19. The summed E-state index contributed by atoms with van der Waals surface area (Å²) in [4.78, 5) is 15.3. The number of carbonyl (C=O) groups is 1. The molecule has 160 valence electrons. The Bertz CT molecular complexity index is 1300. The number of carbonyl (C=O) groups excluding carboxylic acids is 1. The van der Waals surface area contributed by atoms with Crippen LogP contribution in [0, 0.1) is 0 Å². The van der Waals surface area contributed by atoms with E-state index in [1.54, 1.807) is 24.1 Å². The van der Waals surface area contributed by atoms with Crippen molar-refractivity contribution in [1.29, 1.82) is 0 Å². The number of ether oxygens (including phenoxy) is 1. The second-order valence-corrected chi connectivity index (χ2v) is 8.06. The van der Waals surface area contributed by atoms with Gasteiger partial charge in [-0.25, -0.2) is 0 Å². The summed E-state index contributed by atoms with van der Waals surface area (Å²) in [6.45, 7) is 0.422. The number of nitrogens with one attached hydrogen (secondary N) is 1. The van der Waals surface area contributed by atoms with Crippen LogP contribution in [0.3, 0.4) is 0 Å². The van der Waals surface area contributed by atoms with Gasteiger partial charge in [-0.2, -0.15) is 5.10 Å². The maximum absolute atomic E-state index is 13.5. The number of nitrogens with zero attached hydrogens (tertiary/aromatic N) is 2. The fraction of sp³-hybridized carbons (Fsp3) is 0.120. The summed E-state index contributed by atoms with van der Waals surface area (Å²) in [7, 11) is 1.61. The van der Waals surface area contributed by atoms with E-state index in [-0.39, 0.29) is 11.7 Å². The Morgan fingerprint density at radius 3 is 2.69 bits per heavy atom. The standard InChI is InChI=1S/C25H20ClN3O3/c1-32-18-9-5-8-16(12-18)24-21-22(19-13-17(26)10-11-20(19)30)27-28-23(21)25(31)29(24)14-15-6-3-2-4-7-15/h2-13,24,30H,14H2,1H3,(H,27,28). The van der Waals surface area contributed by atoms with Crippen molar-refractivity contribution in [2.24, 2.45) is 0 Å². The van der Waals surface area contributed by atoms with Gasteiger partial charge in [0.2, 0.25) is 0 Å². The number of benzene rings is 3. The van der Waals surface area contributed by atoms with E-state index in [1.807, 2.05) is 54.6 Å². The summed E-state index contributed by atoms with van der Waals surface area (Å²) in [6.07, 6.45) is 0. The highest BCUT2D eigenvalue weighted by Crippen LogP contribution is 2.45. The lowest BCUT2D eigenvalue weighted by Crippen LogP contribution is -2.29. The van der Waals surface area contributed by atoms with E-state index in [2.05, 4.69) is 10.2 Å². The van der Waals surface area contributed by atoms with Crippen LogP contribution in [0.5, 0.6) is 11.5 Å². The molecule has 6 nitrogen and oxygen atoms in total. The summed E-state index contributed by atoms with van der Waals surface area (Å²) in [5.41, 5.74) is 3.98. The maximum atomic E-state index is 13.5. The lowest BCUT2D eigenvalue weighted by molar-refractivity contribution is 0.0730. The number of phenolic OH excluding ortho intramolecular Hbond substituents is 1. The average molecular weight is 446 g/mol. The molecule has 0 saturated carbocycles. The van der Waals surface area contributed by atoms with Crippen LogP contribution in [0.25, 0.3) is 11.3 Å². The Hall–Kier alpha value is -3.77. The van der Waals surface area contributed by atoms with Gasteiger partial charge in [-0.3, -0.25) is 9.89 Å². The van der Waals surface area contributed by atoms with Gasteiger partial charge < -0.3 is 14.7 Å². The van der Waals surface area contributed by atoms with E-state index in [1.165, 1.54) is 6.07 Å². The van der Waals surface area contributed by atoms with Gasteiger partial charge in [0.25, 0.3) is 5.91 Å². The molecule has 1 aliphatic rings. The van der Waals surface area contributed by atoms with Crippen molar-refractivity contribution in [2.45, 2.75) is 12.6 Å². The monoisotopic (exact) mass is 445 g/mol. The topological polar surface area (TPSA) is 78.5 Å². The molecule has 1 aliphatic heterocycles. The molecule has 1 unspecified atom stereocenters. The first-order valence-electron chi connectivity index (χ1n) is 10.1. The smallest absolute Gasteiger partial charge is 0.273 e. The zero-order chi connectivity index (χ0) is 22.2. The first-order valence-corrected chi connectivity index (χ1v) is 10.5. The van der Waals surface area contributed by atoms with E-state index < -0.39 is 6.04 Å².